The molecule has 1 aliphatic heterocycles. The molecule has 5 aromatic carbocycles. The Kier molecular flexibility index (Phi) is 8.84. The summed E-state index contributed by atoms with van der Waals surface area (Å²) >= 11 is 3.28. The van der Waals surface area contributed by atoms with E-state index >= 15 is 0 Å². The molecule has 5 heterocycles. The third-order valence-corrected chi connectivity index (χ3v) is 10.7. The normalized spacial score (nSPS) is 12.9. The van der Waals surface area contributed by atoms with E-state index < -0.39 is 0 Å². The molecule has 4 aromatic heterocycles. The van der Waals surface area contributed by atoms with Crippen molar-refractivity contribution in [3.05, 3.63) is 202 Å². The predicted molar refractivity (Wildman–Crippen MR) is 216 cm³/mol. The summed E-state index contributed by atoms with van der Waals surface area (Å²) in [6, 6.07) is 54.3. The molecule has 1 aliphatic rings. The SMILES string of the molecule is [Pt].[c-]1c(/C(=C(/c2ccsc2)c2cscn2)c2[c-]c3c(cc2)c2ccccc2n3-c2ccccn2)cccc1N1[CH-]N(c2ccccc2)c2ccccc21. The van der Waals surface area contributed by atoms with Crippen LogP contribution in [-0.4, -0.2) is 14.5 Å². The second kappa shape index (κ2) is 14.1. The Morgan fingerprint density at radius 1 is 0.604 bits per heavy atom. The van der Waals surface area contributed by atoms with Crippen LogP contribution in [0.5, 0.6) is 0 Å². The monoisotopic (exact) mass is 897 g/mol. The van der Waals surface area contributed by atoms with Gasteiger partial charge in [-0.1, -0.05) is 65.7 Å². The van der Waals surface area contributed by atoms with Gasteiger partial charge in [0.2, 0.25) is 0 Å². The van der Waals surface area contributed by atoms with Crippen molar-refractivity contribution in [2.45, 2.75) is 0 Å². The second-order valence-electron chi connectivity index (χ2n) is 12.4. The first-order valence-electron chi connectivity index (χ1n) is 16.9. The third kappa shape index (κ3) is 5.82. The number of para-hydroxylation sites is 4. The van der Waals surface area contributed by atoms with Gasteiger partial charge in [0.25, 0.3) is 0 Å². The Morgan fingerprint density at radius 2 is 1.40 bits per heavy atom. The number of fused-ring (bicyclic) bond motifs is 4. The quantitative estimate of drug-likeness (QED) is 0.149. The molecular formula is C45H28N5PtS2-3. The predicted octanol–water partition coefficient (Wildman–Crippen LogP) is 11.7. The van der Waals surface area contributed by atoms with Gasteiger partial charge in [-0.05, 0) is 81.3 Å². The van der Waals surface area contributed by atoms with Crippen molar-refractivity contribution in [1.82, 2.24) is 14.5 Å². The number of thiophene rings is 1. The number of thiazole rings is 1. The number of hydrogen-bond acceptors (Lipinski definition) is 6. The summed E-state index contributed by atoms with van der Waals surface area (Å²) in [6.07, 6.45) is 1.84. The largest absolute Gasteiger partial charge is 0.488 e. The first-order chi connectivity index (χ1) is 25.8. The van der Waals surface area contributed by atoms with Crippen molar-refractivity contribution in [2.24, 2.45) is 0 Å². The van der Waals surface area contributed by atoms with E-state index in [1.807, 2.05) is 29.9 Å². The Labute approximate surface area is 330 Å². The molecule has 0 bridgehead atoms. The average molecular weight is 898 g/mol. The average Bonchev–Trinajstić information content (AvgIpc) is 4.04. The van der Waals surface area contributed by atoms with E-state index in [0.29, 0.717) is 0 Å². The van der Waals surface area contributed by atoms with Crippen molar-refractivity contribution >= 4 is 78.4 Å². The number of rotatable bonds is 7. The third-order valence-electron chi connectivity index (χ3n) is 9.45. The number of hydrogen-bond donors (Lipinski definition) is 0. The van der Waals surface area contributed by atoms with Gasteiger partial charge in [0.15, 0.2) is 0 Å². The van der Waals surface area contributed by atoms with Crippen molar-refractivity contribution < 1.29 is 21.1 Å². The van der Waals surface area contributed by atoms with Gasteiger partial charge in [0, 0.05) is 55.2 Å². The van der Waals surface area contributed by atoms with Crippen LogP contribution in [0.25, 0.3) is 38.8 Å². The van der Waals surface area contributed by atoms with Crippen LogP contribution in [0.2, 0.25) is 0 Å². The smallest absolute Gasteiger partial charge is 0.136 e. The van der Waals surface area contributed by atoms with Gasteiger partial charge in [-0.3, -0.25) is 0 Å². The number of aromatic nitrogens is 3. The molecule has 0 atom stereocenters. The minimum atomic E-state index is 0. The summed E-state index contributed by atoms with van der Waals surface area (Å²) in [7, 11) is 0. The maximum atomic E-state index is 4.88. The Morgan fingerprint density at radius 3 is 2.19 bits per heavy atom. The van der Waals surface area contributed by atoms with E-state index in [1.165, 1.54) is 0 Å². The standard InChI is InChI=1S/C45H28N5S2.Pt/c1-2-12-34(13-3-1)48-30-49(41-18-7-6-17-40(41)48)35-14-10-11-31(25-35)44(45(33-22-24-51-27-33)38-28-52-29-47-38)32-20-21-37-36-15-4-5-16-39(36)50(42(37)26-32)43-19-8-9-23-46-43;/h1-24,27-30H;/q-3;/b45-44+;. The zero-order valence-corrected chi connectivity index (χ0v) is 31.9. The maximum Gasteiger partial charge on any atom is 0.136 e. The minimum Gasteiger partial charge on any atom is -0.488 e. The fourth-order valence-corrected chi connectivity index (χ4v) is 8.37. The van der Waals surface area contributed by atoms with Gasteiger partial charge in [-0.15, -0.1) is 77.2 Å². The molecule has 0 unspecified atom stereocenters. The summed E-state index contributed by atoms with van der Waals surface area (Å²) in [6.45, 7) is 2.16. The summed E-state index contributed by atoms with van der Waals surface area (Å²) in [5.74, 6) is 0.852. The fourth-order valence-electron chi connectivity index (χ4n) is 7.18. The number of benzene rings is 5. The van der Waals surface area contributed by atoms with E-state index in [-0.39, 0.29) is 21.1 Å². The van der Waals surface area contributed by atoms with Crippen LogP contribution >= 0.6 is 22.7 Å². The van der Waals surface area contributed by atoms with Gasteiger partial charge in [-0.2, -0.15) is 11.3 Å². The van der Waals surface area contributed by atoms with E-state index in [2.05, 4.69) is 165 Å². The molecule has 0 saturated heterocycles. The second-order valence-corrected chi connectivity index (χ2v) is 13.9. The number of anilines is 4. The zero-order valence-electron chi connectivity index (χ0n) is 28.0. The number of pyridine rings is 1. The molecule has 0 N–H and O–H groups in total. The number of nitrogens with zero attached hydrogens (tertiary/aromatic N) is 5. The Balaban J connectivity index is 0.00000372. The molecule has 0 amide bonds. The van der Waals surface area contributed by atoms with Crippen molar-refractivity contribution in [3.63, 3.8) is 0 Å². The first kappa shape index (κ1) is 33.3. The van der Waals surface area contributed by atoms with Gasteiger partial charge in [0.05, 0.1) is 11.2 Å². The van der Waals surface area contributed by atoms with Crippen LogP contribution < -0.4 is 9.80 Å². The molecule has 0 aliphatic carbocycles. The van der Waals surface area contributed by atoms with Gasteiger partial charge in [0.1, 0.15) is 5.82 Å². The molecule has 9 aromatic rings. The molecule has 53 heavy (non-hydrogen) atoms. The molecule has 8 heteroatoms. The van der Waals surface area contributed by atoms with Crippen LogP contribution in [0.15, 0.2) is 161 Å². The Hall–Kier alpha value is -5.59. The van der Waals surface area contributed by atoms with Crippen molar-refractivity contribution in [1.29, 1.82) is 0 Å². The van der Waals surface area contributed by atoms with Crippen molar-refractivity contribution in [2.75, 3.05) is 9.80 Å². The molecule has 258 valence electrons. The summed E-state index contributed by atoms with van der Waals surface area (Å²) in [4.78, 5) is 14.1. The molecule has 0 radical (unpaired) electrons. The molecular weight excluding hydrogens is 870 g/mol. The molecule has 0 spiro atoms. The van der Waals surface area contributed by atoms with Crippen LogP contribution in [-0.2, 0) is 21.1 Å². The Bertz CT molecular complexity index is 2690. The first-order valence-corrected chi connectivity index (χ1v) is 18.8. The summed E-state index contributed by atoms with van der Waals surface area (Å²) in [5, 5.41) is 8.73. The van der Waals surface area contributed by atoms with Crippen LogP contribution in [0.4, 0.5) is 22.7 Å². The molecule has 0 saturated carbocycles. The van der Waals surface area contributed by atoms with E-state index in [0.717, 1.165) is 83.9 Å². The zero-order chi connectivity index (χ0) is 34.4. The summed E-state index contributed by atoms with van der Waals surface area (Å²) < 4.78 is 2.22. The van der Waals surface area contributed by atoms with E-state index in [9.17, 15) is 0 Å². The molecule has 10 rings (SSSR count). The molecule has 0 fully saturated rings. The maximum absolute atomic E-state index is 4.88. The van der Waals surface area contributed by atoms with Gasteiger partial charge >= 0.3 is 0 Å². The van der Waals surface area contributed by atoms with E-state index in [4.69, 9.17) is 9.97 Å². The van der Waals surface area contributed by atoms with E-state index in [1.54, 1.807) is 22.7 Å². The van der Waals surface area contributed by atoms with Crippen LogP contribution in [0.1, 0.15) is 22.4 Å². The van der Waals surface area contributed by atoms with Crippen LogP contribution in [0, 0.1) is 18.8 Å². The molecule has 5 nitrogen and oxygen atoms in total. The fraction of sp³-hybridized carbons (Fsp3) is 0. The van der Waals surface area contributed by atoms with Gasteiger partial charge < -0.3 is 14.4 Å². The topological polar surface area (TPSA) is 37.2 Å². The van der Waals surface area contributed by atoms with Crippen LogP contribution in [0.3, 0.4) is 0 Å². The van der Waals surface area contributed by atoms with Gasteiger partial charge in [-0.25, -0.2) is 9.97 Å². The minimum absolute atomic E-state index is 0. The summed E-state index contributed by atoms with van der Waals surface area (Å²) in [5.41, 5.74) is 14.2. The van der Waals surface area contributed by atoms with Crippen molar-refractivity contribution in [3.8, 4) is 5.82 Å².